The Kier molecular flexibility index (Phi) is 4.99. The summed E-state index contributed by atoms with van der Waals surface area (Å²) >= 11 is 1.17. The first kappa shape index (κ1) is 16.4. The van der Waals surface area contributed by atoms with Gasteiger partial charge in [-0.3, -0.25) is 0 Å². The van der Waals surface area contributed by atoms with Gasteiger partial charge in [0.25, 0.3) is 0 Å². The molecule has 0 saturated carbocycles. The van der Waals surface area contributed by atoms with E-state index in [2.05, 4.69) is 34.1 Å². The summed E-state index contributed by atoms with van der Waals surface area (Å²) in [6, 6.07) is 10.9. The Morgan fingerprint density at radius 2 is 2.04 bits per heavy atom. The molecule has 3 rings (SSSR count). The van der Waals surface area contributed by atoms with Crippen LogP contribution in [-0.4, -0.2) is 26.0 Å². The number of anilines is 1. The van der Waals surface area contributed by atoms with Gasteiger partial charge in [0, 0.05) is 12.6 Å². The van der Waals surface area contributed by atoms with E-state index in [0.29, 0.717) is 6.04 Å². The van der Waals surface area contributed by atoms with Gasteiger partial charge < -0.3 is 4.90 Å². The van der Waals surface area contributed by atoms with Gasteiger partial charge in [-0.1, -0.05) is 41.7 Å². The van der Waals surface area contributed by atoms with Gasteiger partial charge in [0.1, 0.15) is 0 Å². The molecular weight excluding hydrogens is 330 g/mol. The molecule has 2 heterocycles. The number of thiazole rings is 1. The minimum atomic E-state index is -3.66. The molecule has 0 unspecified atom stereocenters. The van der Waals surface area contributed by atoms with Crippen LogP contribution in [0.4, 0.5) is 5.13 Å². The molecule has 1 aliphatic heterocycles. The Labute approximate surface area is 141 Å². The molecule has 1 aromatic carbocycles. The number of nitrogens with zero attached hydrogens (tertiary/aromatic N) is 2. The van der Waals surface area contributed by atoms with Crippen molar-refractivity contribution in [2.45, 2.75) is 42.4 Å². The lowest BCUT2D eigenvalue weighted by molar-refractivity contribution is 0.437. The maximum Gasteiger partial charge on any atom is 0.249 e. The number of piperidine rings is 1. The first-order chi connectivity index (χ1) is 11.0. The molecule has 2 N–H and O–H groups in total. The lowest BCUT2D eigenvalue weighted by Gasteiger charge is -2.35. The zero-order chi connectivity index (χ0) is 16.3. The number of benzene rings is 1. The number of sulfonamides is 1. The van der Waals surface area contributed by atoms with Crippen molar-refractivity contribution in [3.8, 4) is 0 Å². The van der Waals surface area contributed by atoms with E-state index in [1.807, 2.05) is 6.07 Å². The summed E-state index contributed by atoms with van der Waals surface area (Å²) in [7, 11) is -3.66. The maximum absolute atomic E-state index is 11.5. The van der Waals surface area contributed by atoms with Crippen molar-refractivity contribution in [3.63, 3.8) is 0 Å². The van der Waals surface area contributed by atoms with E-state index in [9.17, 15) is 8.42 Å². The molecule has 0 radical (unpaired) electrons. The molecule has 1 saturated heterocycles. The van der Waals surface area contributed by atoms with Gasteiger partial charge in [-0.2, -0.15) is 0 Å². The van der Waals surface area contributed by atoms with Crippen molar-refractivity contribution in [2.24, 2.45) is 5.14 Å². The quantitative estimate of drug-likeness (QED) is 0.899. The molecule has 7 heteroatoms. The molecule has 1 fully saturated rings. The summed E-state index contributed by atoms with van der Waals surface area (Å²) in [4.78, 5) is 6.55. The summed E-state index contributed by atoms with van der Waals surface area (Å²) in [6.07, 6.45) is 6.90. The highest BCUT2D eigenvalue weighted by Gasteiger charge is 2.26. The van der Waals surface area contributed by atoms with E-state index in [0.717, 1.165) is 37.4 Å². The zero-order valence-electron chi connectivity index (χ0n) is 12.9. The van der Waals surface area contributed by atoms with E-state index in [1.165, 1.54) is 29.5 Å². The first-order valence-corrected chi connectivity index (χ1v) is 10.2. The van der Waals surface area contributed by atoms with Gasteiger partial charge >= 0.3 is 0 Å². The number of primary sulfonamides is 1. The number of aryl methyl sites for hydroxylation is 1. The van der Waals surface area contributed by atoms with Crippen LogP contribution in [0.1, 0.15) is 31.2 Å². The Hall–Kier alpha value is -1.44. The predicted molar refractivity (Wildman–Crippen MR) is 93.2 cm³/mol. The minimum absolute atomic E-state index is 0.139. The highest BCUT2D eigenvalue weighted by molar-refractivity contribution is 7.91. The number of hydrogen-bond acceptors (Lipinski definition) is 5. The van der Waals surface area contributed by atoms with Gasteiger partial charge in [-0.05, 0) is 37.7 Å². The molecule has 1 atom stereocenters. The smallest absolute Gasteiger partial charge is 0.249 e. The lowest BCUT2D eigenvalue weighted by atomic mass is 9.96. The van der Waals surface area contributed by atoms with Crippen molar-refractivity contribution in [1.82, 2.24) is 4.98 Å². The van der Waals surface area contributed by atoms with Crippen molar-refractivity contribution in [1.29, 1.82) is 0 Å². The molecule has 0 aliphatic carbocycles. The molecule has 2 aromatic rings. The second kappa shape index (κ2) is 6.98. The predicted octanol–water partition coefficient (Wildman–Crippen LogP) is 2.78. The molecule has 1 aromatic heterocycles. The first-order valence-electron chi connectivity index (χ1n) is 7.83. The van der Waals surface area contributed by atoms with Gasteiger partial charge in [0.05, 0.1) is 6.20 Å². The third-order valence-corrected chi connectivity index (χ3v) is 6.68. The van der Waals surface area contributed by atoms with Crippen LogP contribution >= 0.6 is 11.3 Å². The Bertz CT molecular complexity index is 744. The number of hydrogen-bond donors (Lipinski definition) is 1. The SMILES string of the molecule is NS(=O)(=O)c1cnc(N2CCCC[C@@H]2CCc2ccccc2)s1. The van der Waals surface area contributed by atoms with Crippen molar-refractivity contribution in [3.05, 3.63) is 42.1 Å². The second-order valence-electron chi connectivity index (χ2n) is 5.87. The zero-order valence-corrected chi connectivity index (χ0v) is 14.5. The van der Waals surface area contributed by atoms with Crippen LogP contribution in [-0.2, 0) is 16.4 Å². The number of aromatic nitrogens is 1. The summed E-state index contributed by atoms with van der Waals surface area (Å²) in [5.74, 6) is 0. The van der Waals surface area contributed by atoms with Crippen LogP contribution in [0.5, 0.6) is 0 Å². The van der Waals surface area contributed by atoms with Crippen LogP contribution in [0, 0.1) is 0 Å². The lowest BCUT2D eigenvalue weighted by Crippen LogP contribution is -2.39. The fraction of sp³-hybridized carbons (Fsp3) is 0.438. The van der Waals surface area contributed by atoms with E-state index < -0.39 is 10.0 Å². The van der Waals surface area contributed by atoms with Crippen molar-refractivity contribution in [2.75, 3.05) is 11.4 Å². The van der Waals surface area contributed by atoms with Crippen LogP contribution in [0.25, 0.3) is 0 Å². The highest BCUT2D eigenvalue weighted by Crippen LogP contribution is 2.32. The van der Waals surface area contributed by atoms with E-state index in [4.69, 9.17) is 5.14 Å². The molecular formula is C16H21N3O2S2. The summed E-state index contributed by atoms with van der Waals surface area (Å²) in [5.41, 5.74) is 1.34. The Morgan fingerprint density at radius 3 is 2.74 bits per heavy atom. The fourth-order valence-corrected chi connectivity index (χ4v) is 4.68. The summed E-state index contributed by atoms with van der Waals surface area (Å²) in [5, 5.41) is 5.96. The molecule has 23 heavy (non-hydrogen) atoms. The second-order valence-corrected chi connectivity index (χ2v) is 8.67. The largest absolute Gasteiger partial charge is 0.345 e. The highest BCUT2D eigenvalue weighted by atomic mass is 32.2. The van der Waals surface area contributed by atoms with Gasteiger partial charge in [0.2, 0.25) is 10.0 Å². The van der Waals surface area contributed by atoms with Crippen molar-refractivity contribution < 1.29 is 8.42 Å². The topological polar surface area (TPSA) is 76.3 Å². The van der Waals surface area contributed by atoms with Gasteiger partial charge in [-0.25, -0.2) is 18.5 Å². The van der Waals surface area contributed by atoms with Crippen LogP contribution in [0.15, 0.2) is 40.7 Å². The van der Waals surface area contributed by atoms with E-state index in [-0.39, 0.29) is 4.21 Å². The number of rotatable bonds is 5. The molecule has 0 bridgehead atoms. The molecule has 5 nitrogen and oxygen atoms in total. The summed E-state index contributed by atoms with van der Waals surface area (Å²) < 4.78 is 23.0. The Morgan fingerprint density at radius 1 is 1.26 bits per heavy atom. The van der Waals surface area contributed by atoms with Crippen LogP contribution in [0.3, 0.4) is 0 Å². The molecule has 1 aliphatic rings. The van der Waals surface area contributed by atoms with Crippen molar-refractivity contribution >= 4 is 26.5 Å². The molecule has 124 valence electrons. The summed E-state index contributed by atoms with van der Waals surface area (Å²) in [6.45, 7) is 0.928. The van der Waals surface area contributed by atoms with Gasteiger partial charge in [0.15, 0.2) is 9.34 Å². The average Bonchev–Trinajstić information content (AvgIpc) is 3.04. The maximum atomic E-state index is 11.5. The third kappa shape index (κ3) is 4.10. The van der Waals surface area contributed by atoms with Crippen LogP contribution in [0.2, 0.25) is 0 Å². The average molecular weight is 351 g/mol. The van der Waals surface area contributed by atoms with E-state index in [1.54, 1.807) is 0 Å². The van der Waals surface area contributed by atoms with Gasteiger partial charge in [-0.15, -0.1) is 0 Å². The number of nitrogens with two attached hydrogens (primary N) is 1. The molecule has 0 amide bonds. The third-order valence-electron chi connectivity index (χ3n) is 4.23. The van der Waals surface area contributed by atoms with Crippen LogP contribution < -0.4 is 10.0 Å². The fourth-order valence-electron chi connectivity index (χ4n) is 3.05. The van der Waals surface area contributed by atoms with E-state index >= 15 is 0 Å². The molecule has 0 spiro atoms. The minimum Gasteiger partial charge on any atom is -0.345 e. The normalized spacial score (nSPS) is 19.0. The monoisotopic (exact) mass is 351 g/mol. The Balaban J connectivity index is 1.72. The standard InChI is InChI=1S/C16H21N3O2S2/c17-23(20,21)15-12-18-16(22-15)19-11-5-4-8-14(19)10-9-13-6-2-1-3-7-13/h1-3,6-7,12,14H,4-5,8-11H2,(H2,17,20,21)/t14-/m1/s1.